The van der Waals surface area contributed by atoms with E-state index in [1.807, 2.05) is 19.9 Å². The van der Waals surface area contributed by atoms with E-state index in [-0.39, 0.29) is 5.91 Å². The average molecular weight is 295 g/mol. The van der Waals surface area contributed by atoms with Crippen molar-refractivity contribution in [2.75, 3.05) is 5.32 Å². The van der Waals surface area contributed by atoms with Gasteiger partial charge in [-0.1, -0.05) is 23.2 Å². The van der Waals surface area contributed by atoms with Crippen LogP contribution in [0.1, 0.15) is 21.7 Å². The topological polar surface area (TPSA) is 42.0 Å². The summed E-state index contributed by atoms with van der Waals surface area (Å²) in [4.78, 5) is 16.3. The molecule has 1 aromatic carbocycles. The summed E-state index contributed by atoms with van der Waals surface area (Å²) in [6, 6.07) is 8.57. The number of benzene rings is 1. The number of aryl methyl sites for hydroxylation is 2. The molecule has 5 heteroatoms. The SMILES string of the molecule is Cc1cc(C)nc(C(=O)Nc2ccc(Cl)c(Cl)c2)c1. The Kier molecular flexibility index (Phi) is 4.08. The average Bonchev–Trinajstić information content (AvgIpc) is 2.32. The zero-order valence-corrected chi connectivity index (χ0v) is 12.0. The summed E-state index contributed by atoms with van der Waals surface area (Å²) in [5.74, 6) is -0.273. The van der Waals surface area contributed by atoms with E-state index in [1.165, 1.54) is 0 Å². The monoisotopic (exact) mass is 294 g/mol. The second-order valence-corrected chi connectivity index (χ2v) is 5.07. The van der Waals surface area contributed by atoms with Gasteiger partial charge in [0, 0.05) is 11.4 Å². The number of carbonyl (C=O) groups excluding carboxylic acids is 1. The zero-order valence-electron chi connectivity index (χ0n) is 10.5. The number of pyridine rings is 1. The third kappa shape index (κ3) is 3.46. The van der Waals surface area contributed by atoms with Crippen molar-refractivity contribution in [1.29, 1.82) is 0 Å². The maximum atomic E-state index is 12.1. The van der Waals surface area contributed by atoms with Gasteiger partial charge in [0.25, 0.3) is 5.91 Å². The van der Waals surface area contributed by atoms with Crippen LogP contribution in [0.5, 0.6) is 0 Å². The van der Waals surface area contributed by atoms with Crippen LogP contribution >= 0.6 is 23.2 Å². The molecule has 1 heterocycles. The lowest BCUT2D eigenvalue weighted by Gasteiger charge is -2.07. The maximum Gasteiger partial charge on any atom is 0.274 e. The van der Waals surface area contributed by atoms with E-state index in [1.54, 1.807) is 24.3 Å². The number of hydrogen-bond acceptors (Lipinski definition) is 2. The van der Waals surface area contributed by atoms with E-state index in [0.717, 1.165) is 11.3 Å². The van der Waals surface area contributed by atoms with Gasteiger partial charge in [-0.15, -0.1) is 0 Å². The molecule has 1 N–H and O–H groups in total. The molecule has 0 saturated heterocycles. The molecule has 0 aliphatic carbocycles. The number of anilines is 1. The number of rotatable bonds is 2. The number of amides is 1. The Balaban J connectivity index is 2.22. The van der Waals surface area contributed by atoms with Gasteiger partial charge in [0.1, 0.15) is 5.69 Å². The molecule has 2 aromatic rings. The van der Waals surface area contributed by atoms with Crippen LogP contribution in [-0.2, 0) is 0 Å². The van der Waals surface area contributed by atoms with Crippen molar-refractivity contribution in [3.8, 4) is 0 Å². The number of nitrogens with zero attached hydrogens (tertiary/aromatic N) is 1. The van der Waals surface area contributed by atoms with Gasteiger partial charge in [0.2, 0.25) is 0 Å². The summed E-state index contributed by atoms with van der Waals surface area (Å²) in [5.41, 5.74) is 2.76. The molecule has 0 saturated carbocycles. The first kappa shape index (κ1) is 13.8. The van der Waals surface area contributed by atoms with Crippen molar-refractivity contribution < 1.29 is 4.79 Å². The summed E-state index contributed by atoms with van der Waals surface area (Å²) < 4.78 is 0. The van der Waals surface area contributed by atoms with Gasteiger partial charge in [-0.25, -0.2) is 4.98 Å². The molecule has 2 rings (SSSR count). The fourth-order valence-electron chi connectivity index (χ4n) is 1.73. The molecule has 0 spiro atoms. The smallest absolute Gasteiger partial charge is 0.274 e. The van der Waals surface area contributed by atoms with Crippen molar-refractivity contribution in [2.45, 2.75) is 13.8 Å². The predicted molar refractivity (Wildman–Crippen MR) is 78.1 cm³/mol. The van der Waals surface area contributed by atoms with Crippen molar-refractivity contribution >= 4 is 34.8 Å². The van der Waals surface area contributed by atoms with Crippen molar-refractivity contribution in [3.63, 3.8) is 0 Å². The standard InChI is InChI=1S/C14H12Cl2N2O/c1-8-5-9(2)17-13(6-8)14(19)18-10-3-4-11(15)12(16)7-10/h3-7H,1-2H3,(H,18,19). The number of carbonyl (C=O) groups is 1. The van der Waals surface area contributed by atoms with Crippen LogP contribution in [0.4, 0.5) is 5.69 Å². The van der Waals surface area contributed by atoms with Crippen molar-refractivity contribution in [2.24, 2.45) is 0 Å². The minimum Gasteiger partial charge on any atom is -0.321 e. The lowest BCUT2D eigenvalue weighted by Crippen LogP contribution is -2.14. The maximum absolute atomic E-state index is 12.1. The molecule has 0 radical (unpaired) electrons. The molecule has 0 unspecified atom stereocenters. The summed E-state index contributed by atoms with van der Waals surface area (Å²) in [5, 5.41) is 3.58. The molecular formula is C14H12Cl2N2O. The predicted octanol–water partition coefficient (Wildman–Crippen LogP) is 4.26. The number of halogens is 2. The fourth-order valence-corrected chi connectivity index (χ4v) is 2.02. The first-order valence-corrected chi connectivity index (χ1v) is 6.43. The van der Waals surface area contributed by atoms with Crippen LogP contribution in [0.15, 0.2) is 30.3 Å². The lowest BCUT2D eigenvalue weighted by atomic mass is 10.2. The first-order valence-electron chi connectivity index (χ1n) is 5.67. The van der Waals surface area contributed by atoms with E-state index in [4.69, 9.17) is 23.2 Å². The van der Waals surface area contributed by atoms with E-state index >= 15 is 0 Å². The molecule has 0 aliphatic heterocycles. The quantitative estimate of drug-likeness (QED) is 0.899. The van der Waals surface area contributed by atoms with Crippen LogP contribution in [-0.4, -0.2) is 10.9 Å². The number of nitrogens with one attached hydrogen (secondary N) is 1. The van der Waals surface area contributed by atoms with Gasteiger partial charge in [-0.3, -0.25) is 4.79 Å². The first-order chi connectivity index (χ1) is 8.95. The van der Waals surface area contributed by atoms with Crippen molar-refractivity contribution in [3.05, 3.63) is 57.3 Å². The highest BCUT2D eigenvalue weighted by Gasteiger charge is 2.09. The molecule has 98 valence electrons. The molecular weight excluding hydrogens is 283 g/mol. The van der Waals surface area contributed by atoms with Crippen molar-refractivity contribution in [1.82, 2.24) is 4.98 Å². The molecule has 0 atom stereocenters. The second-order valence-electron chi connectivity index (χ2n) is 4.25. The molecule has 3 nitrogen and oxygen atoms in total. The number of aromatic nitrogens is 1. The molecule has 0 fully saturated rings. The normalized spacial score (nSPS) is 10.3. The largest absolute Gasteiger partial charge is 0.321 e. The van der Waals surface area contributed by atoms with Gasteiger partial charge < -0.3 is 5.32 Å². The van der Waals surface area contributed by atoms with Gasteiger partial charge >= 0.3 is 0 Å². The fraction of sp³-hybridized carbons (Fsp3) is 0.143. The summed E-state index contributed by atoms with van der Waals surface area (Å²) in [7, 11) is 0. The van der Waals surface area contributed by atoms with Gasteiger partial charge in [-0.2, -0.15) is 0 Å². The molecule has 0 bridgehead atoms. The van der Waals surface area contributed by atoms with Gasteiger partial charge in [0.05, 0.1) is 10.0 Å². The minimum atomic E-state index is -0.273. The highest BCUT2D eigenvalue weighted by atomic mass is 35.5. The summed E-state index contributed by atoms with van der Waals surface area (Å²) in [6.45, 7) is 3.77. The Bertz CT molecular complexity index is 621. The Morgan fingerprint density at radius 2 is 1.84 bits per heavy atom. The highest BCUT2D eigenvalue weighted by molar-refractivity contribution is 6.42. The highest BCUT2D eigenvalue weighted by Crippen LogP contribution is 2.25. The molecule has 1 amide bonds. The Morgan fingerprint density at radius 1 is 1.11 bits per heavy atom. The van der Waals surface area contributed by atoms with E-state index < -0.39 is 0 Å². The van der Waals surface area contributed by atoms with Crippen LogP contribution in [0.2, 0.25) is 10.0 Å². The number of hydrogen-bond donors (Lipinski definition) is 1. The van der Waals surface area contributed by atoms with E-state index in [2.05, 4.69) is 10.3 Å². The van der Waals surface area contributed by atoms with Crippen LogP contribution in [0.25, 0.3) is 0 Å². The van der Waals surface area contributed by atoms with Crippen LogP contribution in [0, 0.1) is 13.8 Å². The third-order valence-corrected chi connectivity index (χ3v) is 3.25. The van der Waals surface area contributed by atoms with Gasteiger partial charge in [0.15, 0.2) is 0 Å². The Labute approximate surface area is 121 Å². The van der Waals surface area contributed by atoms with Crippen LogP contribution in [0.3, 0.4) is 0 Å². The summed E-state index contributed by atoms with van der Waals surface area (Å²) in [6.07, 6.45) is 0. The van der Waals surface area contributed by atoms with E-state index in [0.29, 0.717) is 21.4 Å². The Hall–Kier alpha value is -1.58. The van der Waals surface area contributed by atoms with Gasteiger partial charge in [-0.05, 0) is 49.7 Å². The molecule has 0 aliphatic rings. The lowest BCUT2D eigenvalue weighted by molar-refractivity contribution is 0.102. The zero-order chi connectivity index (χ0) is 14.0. The molecule has 19 heavy (non-hydrogen) atoms. The minimum absolute atomic E-state index is 0.273. The van der Waals surface area contributed by atoms with E-state index in [9.17, 15) is 4.79 Å². The molecule has 1 aromatic heterocycles. The Morgan fingerprint density at radius 3 is 2.47 bits per heavy atom. The van der Waals surface area contributed by atoms with Crippen LogP contribution < -0.4 is 5.32 Å². The second kappa shape index (κ2) is 5.59. The third-order valence-electron chi connectivity index (χ3n) is 2.51. The summed E-state index contributed by atoms with van der Waals surface area (Å²) >= 11 is 11.7.